The van der Waals surface area contributed by atoms with Gasteiger partial charge in [0.25, 0.3) is 0 Å². The number of carbonyl (C=O) groups excluding carboxylic acids is 3. The van der Waals surface area contributed by atoms with E-state index in [9.17, 15) is 14.4 Å². The summed E-state index contributed by atoms with van der Waals surface area (Å²) in [5.74, 6) is -0.765. The zero-order chi connectivity index (χ0) is 23.8. The Bertz CT molecular complexity index is 884. The molecule has 0 aliphatic heterocycles. The van der Waals surface area contributed by atoms with Crippen LogP contribution in [0.15, 0.2) is 91.1 Å². The molecule has 0 aromatic heterocycles. The quantitative estimate of drug-likeness (QED) is 0.307. The van der Waals surface area contributed by atoms with E-state index in [0.29, 0.717) is 12.8 Å². The van der Waals surface area contributed by atoms with Crippen LogP contribution in [0.1, 0.15) is 39.7 Å². The molecule has 1 aromatic rings. The molecule has 0 fully saturated rings. The van der Waals surface area contributed by atoms with Crippen molar-refractivity contribution >= 4 is 17.7 Å². The summed E-state index contributed by atoms with van der Waals surface area (Å²) in [4.78, 5) is 36.0. The predicted octanol–water partition coefficient (Wildman–Crippen LogP) is 4.82. The topological polar surface area (TPSA) is 72.5 Å². The molecule has 0 aliphatic rings. The van der Waals surface area contributed by atoms with Crippen LogP contribution in [0.4, 0.5) is 0 Å². The van der Waals surface area contributed by atoms with Crippen molar-refractivity contribution in [1.29, 1.82) is 0 Å². The second kappa shape index (κ2) is 14.5. The molecule has 1 N–H and O–H groups in total. The largest absolute Gasteiger partial charge is 0.458 e. The van der Waals surface area contributed by atoms with Crippen LogP contribution in [-0.2, 0) is 25.5 Å². The summed E-state index contributed by atoms with van der Waals surface area (Å²) < 4.78 is 5.46. The van der Waals surface area contributed by atoms with E-state index in [2.05, 4.69) is 5.32 Å². The average Bonchev–Trinajstić information content (AvgIpc) is 2.73. The lowest BCUT2D eigenvalue weighted by Crippen LogP contribution is -2.45. The third-order valence-electron chi connectivity index (χ3n) is 3.95. The first-order valence-electron chi connectivity index (χ1n) is 10.7. The number of benzene rings is 1. The monoisotopic (exact) mass is 435 g/mol. The summed E-state index contributed by atoms with van der Waals surface area (Å²) >= 11 is 0. The summed E-state index contributed by atoms with van der Waals surface area (Å²) in [5, 5.41) is 2.73. The van der Waals surface area contributed by atoms with Gasteiger partial charge in [-0.15, -0.1) is 0 Å². The lowest BCUT2D eigenvalue weighted by Gasteiger charge is -2.24. The number of amides is 1. The van der Waals surface area contributed by atoms with Gasteiger partial charge in [-0.25, -0.2) is 4.79 Å². The Morgan fingerprint density at radius 2 is 1.41 bits per heavy atom. The van der Waals surface area contributed by atoms with Crippen molar-refractivity contribution in [2.24, 2.45) is 0 Å². The van der Waals surface area contributed by atoms with E-state index in [0.717, 1.165) is 5.56 Å². The van der Waals surface area contributed by atoms with Crippen LogP contribution in [0.3, 0.4) is 0 Å². The first kappa shape index (κ1) is 26.6. The van der Waals surface area contributed by atoms with Gasteiger partial charge in [0.05, 0.1) is 0 Å². The fourth-order valence-electron chi connectivity index (χ4n) is 2.44. The molecule has 1 aromatic carbocycles. The Kier molecular flexibility index (Phi) is 12.1. The summed E-state index contributed by atoms with van der Waals surface area (Å²) in [7, 11) is 0. The zero-order valence-electron chi connectivity index (χ0n) is 19.3. The lowest BCUT2D eigenvalue weighted by atomic mass is 10.1. The molecule has 1 amide bonds. The Morgan fingerprint density at radius 3 is 1.94 bits per heavy atom. The second-order valence-electron chi connectivity index (χ2n) is 7.98. The van der Waals surface area contributed by atoms with Crippen LogP contribution in [0.5, 0.6) is 0 Å². The molecule has 0 spiro atoms. The number of ether oxygens (including phenoxy) is 1. The molecule has 0 aliphatic carbocycles. The maximum absolute atomic E-state index is 12.6. The SMILES string of the molecule is CCC(=O)C=CC=CC=CC=CC=CC(=O)NC(Cc1ccccc1)C(=O)OC(C)(C)C. The summed E-state index contributed by atoms with van der Waals surface area (Å²) in [5.41, 5.74) is 0.289. The number of ketones is 1. The minimum atomic E-state index is -0.782. The number of allylic oxidation sites excluding steroid dienone is 9. The first-order chi connectivity index (χ1) is 15.2. The van der Waals surface area contributed by atoms with Gasteiger partial charge in [0, 0.05) is 18.9 Å². The van der Waals surface area contributed by atoms with Gasteiger partial charge in [-0.1, -0.05) is 85.9 Å². The Morgan fingerprint density at radius 1 is 0.875 bits per heavy atom. The maximum atomic E-state index is 12.6. The van der Waals surface area contributed by atoms with E-state index in [-0.39, 0.29) is 11.7 Å². The molecule has 0 saturated heterocycles. The van der Waals surface area contributed by atoms with Crippen molar-refractivity contribution in [2.75, 3.05) is 0 Å². The Hall–Kier alpha value is -3.47. The van der Waals surface area contributed by atoms with Gasteiger partial charge in [-0.05, 0) is 32.4 Å². The van der Waals surface area contributed by atoms with Gasteiger partial charge < -0.3 is 10.1 Å². The van der Waals surface area contributed by atoms with E-state index < -0.39 is 17.6 Å². The highest BCUT2D eigenvalue weighted by Crippen LogP contribution is 2.11. The highest BCUT2D eigenvalue weighted by Gasteiger charge is 2.26. The molecule has 1 rings (SSSR count). The molecule has 0 saturated carbocycles. The fraction of sp³-hybridized carbons (Fsp3) is 0.296. The third kappa shape index (κ3) is 13.0. The smallest absolute Gasteiger partial charge is 0.329 e. The molecule has 0 bridgehead atoms. The van der Waals surface area contributed by atoms with Gasteiger partial charge in [0.2, 0.25) is 5.91 Å². The van der Waals surface area contributed by atoms with Crippen LogP contribution >= 0.6 is 0 Å². The molecule has 5 heteroatoms. The van der Waals surface area contributed by atoms with Crippen molar-refractivity contribution in [1.82, 2.24) is 5.32 Å². The average molecular weight is 436 g/mol. The molecular weight excluding hydrogens is 402 g/mol. The fourth-order valence-corrected chi connectivity index (χ4v) is 2.44. The van der Waals surface area contributed by atoms with Crippen molar-refractivity contribution in [3.63, 3.8) is 0 Å². The van der Waals surface area contributed by atoms with E-state index >= 15 is 0 Å². The minimum absolute atomic E-state index is 0.0830. The van der Waals surface area contributed by atoms with Crippen LogP contribution in [0.25, 0.3) is 0 Å². The molecule has 1 unspecified atom stereocenters. The van der Waals surface area contributed by atoms with E-state index in [1.54, 1.807) is 63.3 Å². The van der Waals surface area contributed by atoms with Crippen molar-refractivity contribution < 1.29 is 19.1 Å². The van der Waals surface area contributed by atoms with Gasteiger partial charge in [-0.3, -0.25) is 9.59 Å². The third-order valence-corrected chi connectivity index (χ3v) is 3.95. The van der Waals surface area contributed by atoms with Crippen molar-refractivity contribution in [2.45, 2.75) is 52.2 Å². The number of hydrogen-bond donors (Lipinski definition) is 1. The normalized spacial score (nSPS) is 13.5. The van der Waals surface area contributed by atoms with E-state index in [1.165, 1.54) is 12.2 Å². The Labute approximate surface area is 191 Å². The molecule has 170 valence electrons. The van der Waals surface area contributed by atoms with Crippen molar-refractivity contribution in [3.8, 4) is 0 Å². The van der Waals surface area contributed by atoms with Gasteiger partial charge in [-0.2, -0.15) is 0 Å². The molecular formula is C27H33NO4. The van der Waals surface area contributed by atoms with E-state index in [4.69, 9.17) is 4.74 Å². The Balaban J connectivity index is 2.62. The van der Waals surface area contributed by atoms with Crippen LogP contribution in [0.2, 0.25) is 0 Å². The number of rotatable bonds is 11. The van der Waals surface area contributed by atoms with E-state index in [1.807, 2.05) is 43.3 Å². The highest BCUT2D eigenvalue weighted by atomic mass is 16.6. The highest BCUT2D eigenvalue weighted by molar-refractivity contribution is 5.92. The maximum Gasteiger partial charge on any atom is 0.329 e. The first-order valence-corrected chi connectivity index (χ1v) is 10.7. The number of hydrogen-bond acceptors (Lipinski definition) is 4. The lowest BCUT2D eigenvalue weighted by molar-refractivity contribution is -0.158. The van der Waals surface area contributed by atoms with Crippen LogP contribution < -0.4 is 5.32 Å². The molecule has 0 heterocycles. The standard InChI is InChI=1S/C27H33NO4/c1-5-23(29)19-15-10-8-6-7-9-11-16-20-25(30)28-24(26(31)32-27(2,3)4)21-22-17-13-12-14-18-22/h6-20,24H,5,21H2,1-4H3,(H,28,30). The number of esters is 1. The molecule has 1 atom stereocenters. The summed E-state index contributed by atoms with van der Waals surface area (Å²) in [6.07, 6.45) is 17.7. The summed E-state index contributed by atoms with van der Waals surface area (Å²) in [6.45, 7) is 7.19. The van der Waals surface area contributed by atoms with Crippen LogP contribution in [0, 0.1) is 0 Å². The van der Waals surface area contributed by atoms with Gasteiger partial charge in [0.15, 0.2) is 5.78 Å². The minimum Gasteiger partial charge on any atom is -0.458 e. The molecule has 0 radical (unpaired) electrons. The van der Waals surface area contributed by atoms with Gasteiger partial charge >= 0.3 is 5.97 Å². The predicted molar refractivity (Wildman–Crippen MR) is 129 cm³/mol. The number of carbonyl (C=O) groups is 3. The van der Waals surface area contributed by atoms with Crippen LogP contribution in [-0.4, -0.2) is 29.3 Å². The summed E-state index contributed by atoms with van der Waals surface area (Å²) in [6, 6.07) is 8.69. The molecule has 5 nitrogen and oxygen atoms in total. The van der Waals surface area contributed by atoms with Gasteiger partial charge in [0.1, 0.15) is 11.6 Å². The number of nitrogens with one attached hydrogen (secondary N) is 1. The molecule has 32 heavy (non-hydrogen) atoms. The van der Waals surface area contributed by atoms with Crippen molar-refractivity contribution in [3.05, 3.63) is 96.7 Å². The zero-order valence-corrected chi connectivity index (χ0v) is 19.3. The second-order valence-corrected chi connectivity index (χ2v) is 7.98.